The summed E-state index contributed by atoms with van der Waals surface area (Å²) in [5, 5.41) is 8.23. The van der Waals surface area contributed by atoms with E-state index < -0.39 is 0 Å². The molecule has 0 amide bonds. The highest BCUT2D eigenvalue weighted by molar-refractivity contribution is 5.69. The highest BCUT2D eigenvalue weighted by Gasteiger charge is 2.20. The minimum absolute atomic E-state index is 0.435. The molecule has 5 nitrogen and oxygen atoms in total. The maximum absolute atomic E-state index is 4.66. The Labute approximate surface area is 126 Å². The van der Waals surface area contributed by atoms with Gasteiger partial charge in [-0.25, -0.2) is 9.50 Å². The fraction of sp³-hybridized carbons (Fsp3) is 0.625. The zero-order chi connectivity index (χ0) is 14.8. The minimum atomic E-state index is 0.435. The number of nitrogens with one attached hydrogen (secondary N) is 1. The molecule has 1 unspecified atom stereocenters. The molecule has 1 aliphatic rings. The Balaban J connectivity index is 1.93. The van der Waals surface area contributed by atoms with Gasteiger partial charge in [-0.15, -0.1) is 0 Å². The molecule has 0 aliphatic carbocycles. The molecular formula is C16H25N5. The fourth-order valence-corrected chi connectivity index (χ4v) is 3.00. The molecule has 0 saturated carbocycles. The van der Waals surface area contributed by atoms with Gasteiger partial charge in [0.25, 0.3) is 0 Å². The smallest absolute Gasteiger partial charge is 0.154 e. The number of aromatic nitrogens is 3. The molecule has 0 radical (unpaired) electrons. The Morgan fingerprint density at radius 3 is 3.00 bits per heavy atom. The van der Waals surface area contributed by atoms with E-state index in [0.29, 0.717) is 12.0 Å². The molecule has 1 atom stereocenters. The topological polar surface area (TPSA) is 45.5 Å². The Bertz CT molecular complexity index is 598. The zero-order valence-corrected chi connectivity index (χ0v) is 13.2. The third-order valence-electron chi connectivity index (χ3n) is 4.26. The number of hydrogen-bond acceptors (Lipinski definition) is 4. The number of nitrogens with zero attached hydrogens (tertiary/aromatic N) is 4. The van der Waals surface area contributed by atoms with Crippen LogP contribution in [0.5, 0.6) is 0 Å². The maximum Gasteiger partial charge on any atom is 0.154 e. The molecular weight excluding hydrogens is 262 g/mol. The van der Waals surface area contributed by atoms with Crippen molar-refractivity contribution in [3.8, 4) is 0 Å². The largest absolute Gasteiger partial charge is 0.354 e. The SMILES string of the molecule is CCN(CC1CCCN1)c1nccn2nc(C(C)C)cc12. The quantitative estimate of drug-likeness (QED) is 0.917. The molecule has 0 spiro atoms. The van der Waals surface area contributed by atoms with Crippen LogP contribution in [0, 0.1) is 0 Å². The van der Waals surface area contributed by atoms with Crippen LogP contribution in [0.2, 0.25) is 0 Å². The summed E-state index contributed by atoms with van der Waals surface area (Å²) in [6, 6.07) is 2.76. The van der Waals surface area contributed by atoms with Gasteiger partial charge in [-0.05, 0) is 38.3 Å². The summed E-state index contributed by atoms with van der Waals surface area (Å²) in [6.07, 6.45) is 6.33. The van der Waals surface area contributed by atoms with Gasteiger partial charge in [0, 0.05) is 31.5 Å². The monoisotopic (exact) mass is 287 g/mol. The van der Waals surface area contributed by atoms with Crippen molar-refractivity contribution < 1.29 is 0 Å². The number of anilines is 1. The third kappa shape index (κ3) is 2.88. The van der Waals surface area contributed by atoms with Gasteiger partial charge in [-0.1, -0.05) is 13.8 Å². The molecule has 1 fully saturated rings. The number of rotatable bonds is 5. The van der Waals surface area contributed by atoms with Crippen LogP contribution in [0.3, 0.4) is 0 Å². The summed E-state index contributed by atoms with van der Waals surface area (Å²) in [4.78, 5) is 7.00. The van der Waals surface area contributed by atoms with E-state index >= 15 is 0 Å². The van der Waals surface area contributed by atoms with Crippen LogP contribution < -0.4 is 10.2 Å². The normalized spacial score (nSPS) is 18.8. The van der Waals surface area contributed by atoms with Gasteiger partial charge in [-0.2, -0.15) is 5.10 Å². The standard InChI is InChI=1S/C16H25N5/c1-4-20(11-13-6-5-7-17-13)16-15-10-14(12(2)3)19-21(15)9-8-18-16/h8-10,12-13,17H,4-7,11H2,1-3H3. The lowest BCUT2D eigenvalue weighted by Gasteiger charge is -2.25. The predicted molar refractivity (Wildman–Crippen MR) is 86.0 cm³/mol. The minimum Gasteiger partial charge on any atom is -0.354 e. The Morgan fingerprint density at radius 1 is 1.48 bits per heavy atom. The first kappa shape index (κ1) is 14.3. The van der Waals surface area contributed by atoms with Crippen molar-refractivity contribution in [3.05, 3.63) is 24.2 Å². The van der Waals surface area contributed by atoms with Gasteiger partial charge in [0.05, 0.1) is 5.69 Å². The molecule has 21 heavy (non-hydrogen) atoms. The highest BCUT2D eigenvalue weighted by atomic mass is 15.3. The van der Waals surface area contributed by atoms with E-state index in [2.05, 4.69) is 47.1 Å². The van der Waals surface area contributed by atoms with E-state index in [0.717, 1.165) is 36.7 Å². The van der Waals surface area contributed by atoms with Crippen LogP contribution in [0.25, 0.3) is 5.52 Å². The first-order valence-electron chi connectivity index (χ1n) is 8.01. The molecule has 1 saturated heterocycles. The Hall–Kier alpha value is -1.62. The first-order valence-corrected chi connectivity index (χ1v) is 8.01. The summed E-state index contributed by atoms with van der Waals surface area (Å²) < 4.78 is 1.96. The zero-order valence-electron chi connectivity index (χ0n) is 13.2. The molecule has 114 valence electrons. The average Bonchev–Trinajstić information content (AvgIpc) is 3.13. The second-order valence-electron chi connectivity index (χ2n) is 6.14. The van der Waals surface area contributed by atoms with E-state index in [9.17, 15) is 0 Å². The Kier molecular flexibility index (Phi) is 4.10. The molecule has 1 N–H and O–H groups in total. The highest BCUT2D eigenvalue weighted by Crippen LogP contribution is 2.23. The van der Waals surface area contributed by atoms with E-state index in [-0.39, 0.29) is 0 Å². The molecule has 0 bridgehead atoms. The lowest BCUT2D eigenvalue weighted by molar-refractivity contribution is 0.584. The maximum atomic E-state index is 4.66. The van der Waals surface area contributed by atoms with Gasteiger partial charge < -0.3 is 10.2 Å². The van der Waals surface area contributed by atoms with Gasteiger partial charge in [0.1, 0.15) is 5.52 Å². The van der Waals surface area contributed by atoms with Crippen molar-refractivity contribution >= 4 is 11.3 Å². The number of likely N-dealkylation sites (N-methyl/N-ethyl adjacent to an activating group) is 1. The number of hydrogen-bond donors (Lipinski definition) is 1. The molecule has 2 aromatic heterocycles. The van der Waals surface area contributed by atoms with Crippen molar-refractivity contribution in [1.29, 1.82) is 0 Å². The lowest BCUT2D eigenvalue weighted by Crippen LogP contribution is -2.38. The van der Waals surface area contributed by atoms with E-state index in [1.54, 1.807) is 0 Å². The molecule has 0 aromatic carbocycles. The summed E-state index contributed by atoms with van der Waals surface area (Å²) >= 11 is 0. The van der Waals surface area contributed by atoms with Gasteiger partial charge in [0.15, 0.2) is 5.82 Å². The van der Waals surface area contributed by atoms with Crippen molar-refractivity contribution in [2.24, 2.45) is 0 Å². The van der Waals surface area contributed by atoms with Crippen LogP contribution in [0.4, 0.5) is 5.82 Å². The molecule has 5 heteroatoms. The van der Waals surface area contributed by atoms with Crippen LogP contribution in [-0.4, -0.2) is 40.3 Å². The molecule has 3 rings (SSSR count). The fourth-order valence-electron chi connectivity index (χ4n) is 3.00. The summed E-state index contributed by atoms with van der Waals surface area (Å²) in [5.41, 5.74) is 2.24. The van der Waals surface area contributed by atoms with Crippen molar-refractivity contribution in [1.82, 2.24) is 19.9 Å². The second-order valence-corrected chi connectivity index (χ2v) is 6.14. The van der Waals surface area contributed by atoms with Gasteiger partial charge >= 0.3 is 0 Å². The molecule has 3 heterocycles. The Morgan fingerprint density at radius 2 is 2.33 bits per heavy atom. The summed E-state index contributed by atoms with van der Waals surface area (Å²) in [5.74, 6) is 1.48. The number of fused-ring (bicyclic) bond motifs is 1. The van der Waals surface area contributed by atoms with E-state index in [4.69, 9.17) is 0 Å². The first-order chi connectivity index (χ1) is 10.2. The van der Waals surface area contributed by atoms with Crippen LogP contribution >= 0.6 is 0 Å². The molecule has 2 aromatic rings. The van der Waals surface area contributed by atoms with Crippen molar-refractivity contribution in [2.45, 2.75) is 45.6 Å². The summed E-state index contributed by atoms with van der Waals surface area (Å²) in [6.45, 7) is 9.67. The van der Waals surface area contributed by atoms with Crippen LogP contribution in [-0.2, 0) is 0 Å². The van der Waals surface area contributed by atoms with E-state index in [1.165, 1.54) is 12.8 Å². The van der Waals surface area contributed by atoms with E-state index in [1.807, 2.05) is 16.9 Å². The van der Waals surface area contributed by atoms with Crippen molar-refractivity contribution in [3.63, 3.8) is 0 Å². The van der Waals surface area contributed by atoms with Crippen molar-refractivity contribution in [2.75, 3.05) is 24.5 Å². The van der Waals surface area contributed by atoms with Crippen LogP contribution in [0.1, 0.15) is 45.2 Å². The average molecular weight is 287 g/mol. The van der Waals surface area contributed by atoms with Crippen LogP contribution in [0.15, 0.2) is 18.5 Å². The predicted octanol–water partition coefficient (Wildman–Crippen LogP) is 2.43. The van der Waals surface area contributed by atoms with Gasteiger partial charge in [0.2, 0.25) is 0 Å². The summed E-state index contributed by atoms with van der Waals surface area (Å²) in [7, 11) is 0. The van der Waals surface area contributed by atoms with Gasteiger partial charge in [-0.3, -0.25) is 0 Å². The third-order valence-corrected chi connectivity index (χ3v) is 4.26. The second kappa shape index (κ2) is 6.02. The lowest BCUT2D eigenvalue weighted by atomic mass is 10.1. The molecule has 1 aliphatic heterocycles.